The Balaban J connectivity index is 1.66. The van der Waals surface area contributed by atoms with Gasteiger partial charge in [-0.3, -0.25) is 14.2 Å². The van der Waals surface area contributed by atoms with Gasteiger partial charge in [0.1, 0.15) is 5.82 Å². The molecule has 1 atom stereocenters. The van der Waals surface area contributed by atoms with Gasteiger partial charge in [0, 0.05) is 20.0 Å². The normalized spacial score (nSPS) is 21.3. The van der Waals surface area contributed by atoms with Crippen LogP contribution in [0.5, 0.6) is 0 Å². The minimum Gasteiger partial charge on any atom is -0.332 e. The lowest BCUT2D eigenvalue weighted by atomic mass is 10.0. The highest BCUT2D eigenvalue weighted by Crippen LogP contribution is 2.34. The van der Waals surface area contributed by atoms with E-state index < -0.39 is 0 Å². The summed E-state index contributed by atoms with van der Waals surface area (Å²) in [6.07, 6.45) is 7.37. The molecule has 5 nitrogen and oxygen atoms in total. The van der Waals surface area contributed by atoms with E-state index in [2.05, 4.69) is 0 Å². The molecule has 1 amide bonds. The van der Waals surface area contributed by atoms with Gasteiger partial charge in [0.15, 0.2) is 0 Å². The SMILES string of the molecule is Cn1c(C2CCCN2C(=O)CC2CCCC2)nc2ccccc2c1=O. The van der Waals surface area contributed by atoms with Crippen LogP contribution in [0.3, 0.4) is 0 Å². The van der Waals surface area contributed by atoms with Crippen molar-refractivity contribution in [3.05, 3.63) is 40.4 Å². The molecule has 2 aliphatic rings. The first kappa shape index (κ1) is 16.3. The predicted molar refractivity (Wildman–Crippen MR) is 97.2 cm³/mol. The number of rotatable bonds is 3. The smallest absolute Gasteiger partial charge is 0.261 e. The van der Waals surface area contributed by atoms with Gasteiger partial charge < -0.3 is 4.90 Å². The molecular weight excluding hydrogens is 314 g/mol. The van der Waals surface area contributed by atoms with Crippen molar-refractivity contribution in [1.29, 1.82) is 0 Å². The van der Waals surface area contributed by atoms with Crippen molar-refractivity contribution in [3.8, 4) is 0 Å². The van der Waals surface area contributed by atoms with E-state index in [9.17, 15) is 9.59 Å². The molecule has 132 valence electrons. The number of carbonyl (C=O) groups excluding carboxylic acids is 1. The molecule has 1 aromatic carbocycles. The minimum atomic E-state index is -0.0730. The Kier molecular flexibility index (Phi) is 4.32. The summed E-state index contributed by atoms with van der Waals surface area (Å²) < 4.78 is 1.63. The van der Waals surface area contributed by atoms with Crippen LogP contribution in [0.1, 0.15) is 56.8 Å². The lowest BCUT2D eigenvalue weighted by Gasteiger charge is -2.27. The molecule has 1 saturated carbocycles. The predicted octanol–water partition coefficient (Wildman–Crippen LogP) is 3.18. The van der Waals surface area contributed by atoms with Gasteiger partial charge in [-0.05, 0) is 43.7 Å². The van der Waals surface area contributed by atoms with Gasteiger partial charge in [-0.2, -0.15) is 0 Å². The van der Waals surface area contributed by atoms with E-state index in [1.807, 2.05) is 29.2 Å². The fourth-order valence-electron chi connectivity index (χ4n) is 4.45. The third-order valence-electron chi connectivity index (χ3n) is 5.83. The molecule has 4 rings (SSSR count). The summed E-state index contributed by atoms with van der Waals surface area (Å²) >= 11 is 0. The highest BCUT2D eigenvalue weighted by molar-refractivity contribution is 5.78. The molecule has 0 bridgehead atoms. The number of fused-ring (bicyclic) bond motifs is 1. The molecule has 0 N–H and O–H groups in total. The van der Waals surface area contributed by atoms with E-state index in [-0.39, 0.29) is 17.5 Å². The summed E-state index contributed by atoms with van der Waals surface area (Å²) in [5.74, 6) is 1.50. The third-order valence-corrected chi connectivity index (χ3v) is 5.83. The van der Waals surface area contributed by atoms with E-state index in [1.54, 1.807) is 11.6 Å². The molecular formula is C20H25N3O2. The molecule has 1 aliphatic heterocycles. The molecule has 0 spiro atoms. The Morgan fingerprint density at radius 1 is 1.16 bits per heavy atom. The second kappa shape index (κ2) is 6.62. The highest BCUT2D eigenvalue weighted by atomic mass is 16.2. The number of para-hydroxylation sites is 1. The van der Waals surface area contributed by atoms with Crippen LogP contribution in [0, 0.1) is 5.92 Å². The summed E-state index contributed by atoms with van der Waals surface area (Å²) in [5, 5.41) is 0.635. The maximum Gasteiger partial charge on any atom is 0.261 e. The minimum absolute atomic E-state index is 0.0318. The zero-order chi connectivity index (χ0) is 17.4. The van der Waals surface area contributed by atoms with E-state index in [0.29, 0.717) is 17.7 Å². The first-order chi connectivity index (χ1) is 12.1. The van der Waals surface area contributed by atoms with Gasteiger partial charge in [-0.1, -0.05) is 25.0 Å². The van der Waals surface area contributed by atoms with Gasteiger partial charge in [0.05, 0.1) is 16.9 Å². The topological polar surface area (TPSA) is 55.2 Å². The Labute approximate surface area is 147 Å². The van der Waals surface area contributed by atoms with Gasteiger partial charge in [-0.25, -0.2) is 4.98 Å². The monoisotopic (exact) mass is 339 g/mol. The van der Waals surface area contributed by atoms with Crippen LogP contribution < -0.4 is 5.56 Å². The first-order valence-corrected chi connectivity index (χ1v) is 9.40. The molecule has 1 saturated heterocycles. The molecule has 5 heteroatoms. The average molecular weight is 339 g/mol. The number of hydrogen-bond donors (Lipinski definition) is 0. The van der Waals surface area contributed by atoms with Crippen LogP contribution in [0.4, 0.5) is 0 Å². The fraction of sp³-hybridized carbons (Fsp3) is 0.550. The Bertz CT molecular complexity index is 852. The Morgan fingerprint density at radius 3 is 2.72 bits per heavy atom. The van der Waals surface area contributed by atoms with E-state index in [4.69, 9.17) is 4.98 Å². The number of hydrogen-bond acceptors (Lipinski definition) is 3. The summed E-state index contributed by atoms with van der Waals surface area (Å²) in [6, 6.07) is 7.37. The first-order valence-electron chi connectivity index (χ1n) is 9.40. The molecule has 1 aliphatic carbocycles. The number of benzene rings is 1. The second-order valence-electron chi connectivity index (χ2n) is 7.45. The summed E-state index contributed by atoms with van der Waals surface area (Å²) in [7, 11) is 1.77. The van der Waals surface area contributed by atoms with Crippen LogP contribution in [0.25, 0.3) is 10.9 Å². The second-order valence-corrected chi connectivity index (χ2v) is 7.45. The summed E-state index contributed by atoms with van der Waals surface area (Å²) in [5.41, 5.74) is 0.686. The van der Waals surface area contributed by atoms with Gasteiger partial charge in [-0.15, -0.1) is 0 Å². The zero-order valence-electron chi connectivity index (χ0n) is 14.8. The molecule has 2 fully saturated rings. The summed E-state index contributed by atoms with van der Waals surface area (Å²) in [4.78, 5) is 32.3. The van der Waals surface area contributed by atoms with Crippen LogP contribution in [-0.4, -0.2) is 26.9 Å². The molecule has 2 heterocycles. The lowest BCUT2D eigenvalue weighted by molar-refractivity contribution is -0.133. The Morgan fingerprint density at radius 2 is 1.92 bits per heavy atom. The number of aromatic nitrogens is 2. The van der Waals surface area contributed by atoms with Crippen molar-refractivity contribution >= 4 is 16.8 Å². The molecule has 2 aromatic rings. The van der Waals surface area contributed by atoms with E-state index in [0.717, 1.165) is 30.7 Å². The maximum atomic E-state index is 12.9. The average Bonchev–Trinajstić information content (AvgIpc) is 3.29. The molecule has 1 unspecified atom stereocenters. The van der Waals surface area contributed by atoms with Crippen LogP contribution in [0.2, 0.25) is 0 Å². The van der Waals surface area contributed by atoms with Gasteiger partial charge in [0.25, 0.3) is 5.56 Å². The van der Waals surface area contributed by atoms with Crippen LogP contribution in [0.15, 0.2) is 29.1 Å². The number of nitrogens with zero attached hydrogens (tertiary/aromatic N) is 3. The lowest BCUT2D eigenvalue weighted by Crippen LogP contribution is -2.35. The third kappa shape index (κ3) is 2.96. The maximum absolute atomic E-state index is 12.9. The standard InChI is InChI=1S/C20H25N3O2/c1-22-19(21-16-10-5-4-9-15(16)20(22)25)17-11-6-12-23(17)18(24)13-14-7-2-3-8-14/h4-5,9-10,14,17H,2-3,6-8,11-13H2,1H3. The van der Waals surface area contributed by atoms with Crippen molar-refractivity contribution in [1.82, 2.24) is 14.5 Å². The number of amides is 1. The van der Waals surface area contributed by atoms with Crippen molar-refractivity contribution in [2.75, 3.05) is 6.54 Å². The fourth-order valence-corrected chi connectivity index (χ4v) is 4.45. The van der Waals surface area contributed by atoms with Crippen molar-refractivity contribution in [3.63, 3.8) is 0 Å². The van der Waals surface area contributed by atoms with Crippen LogP contribution >= 0.6 is 0 Å². The Hall–Kier alpha value is -2.17. The molecule has 1 aromatic heterocycles. The largest absolute Gasteiger partial charge is 0.332 e. The molecule has 25 heavy (non-hydrogen) atoms. The number of carbonyl (C=O) groups is 1. The molecule has 0 radical (unpaired) electrons. The highest BCUT2D eigenvalue weighted by Gasteiger charge is 2.34. The van der Waals surface area contributed by atoms with Gasteiger partial charge in [0.2, 0.25) is 5.91 Å². The van der Waals surface area contributed by atoms with Crippen molar-refractivity contribution < 1.29 is 4.79 Å². The van der Waals surface area contributed by atoms with Crippen LogP contribution in [-0.2, 0) is 11.8 Å². The number of likely N-dealkylation sites (tertiary alicyclic amines) is 1. The summed E-state index contributed by atoms with van der Waals surface area (Å²) in [6.45, 7) is 0.777. The van der Waals surface area contributed by atoms with E-state index in [1.165, 1.54) is 25.7 Å². The van der Waals surface area contributed by atoms with Crippen molar-refractivity contribution in [2.24, 2.45) is 13.0 Å². The quantitative estimate of drug-likeness (QED) is 0.863. The van der Waals surface area contributed by atoms with E-state index >= 15 is 0 Å². The van der Waals surface area contributed by atoms with Crippen molar-refractivity contribution in [2.45, 2.75) is 51.0 Å². The van der Waals surface area contributed by atoms with Gasteiger partial charge >= 0.3 is 0 Å². The zero-order valence-corrected chi connectivity index (χ0v) is 14.8.